The van der Waals surface area contributed by atoms with Gasteiger partial charge in [0, 0.05) is 38.3 Å². The summed E-state index contributed by atoms with van der Waals surface area (Å²) in [6, 6.07) is 4.11. The lowest BCUT2D eigenvalue weighted by Gasteiger charge is -2.45. The standard InChI is InChI=1S/C17H25N3OS/c1-13(21)20-11-8-14-6-3-4-9-17(14,16(22)18-2)15-7-5-10-19-12-15/h5,7,10,12,14H,3-4,6,8-9,11H2,1-2H3,(H,18,22)(H,20,21)/t14-,17+/m1/s1. The zero-order valence-electron chi connectivity index (χ0n) is 13.4. The summed E-state index contributed by atoms with van der Waals surface area (Å²) >= 11 is 5.72. The molecule has 0 bridgehead atoms. The Hall–Kier alpha value is -1.49. The quantitative estimate of drug-likeness (QED) is 0.819. The second-order valence-electron chi connectivity index (χ2n) is 6.01. The smallest absolute Gasteiger partial charge is 0.216 e. The molecule has 0 radical (unpaired) electrons. The summed E-state index contributed by atoms with van der Waals surface area (Å²) in [4.78, 5) is 16.4. The predicted molar refractivity (Wildman–Crippen MR) is 92.8 cm³/mol. The number of nitrogens with zero attached hydrogens (tertiary/aromatic N) is 1. The molecule has 5 heteroatoms. The normalized spacial score (nSPS) is 24.5. The van der Waals surface area contributed by atoms with Crippen LogP contribution in [0.2, 0.25) is 0 Å². The Balaban J connectivity index is 2.31. The lowest BCUT2D eigenvalue weighted by atomic mass is 9.61. The van der Waals surface area contributed by atoms with Crippen molar-refractivity contribution in [1.29, 1.82) is 0 Å². The van der Waals surface area contributed by atoms with E-state index in [4.69, 9.17) is 12.2 Å². The van der Waals surface area contributed by atoms with Gasteiger partial charge < -0.3 is 10.6 Å². The van der Waals surface area contributed by atoms with E-state index < -0.39 is 0 Å². The van der Waals surface area contributed by atoms with E-state index in [0.717, 1.165) is 24.3 Å². The number of rotatable bonds is 5. The fourth-order valence-electron chi connectivity index (χ4n) is 3.72. The first-order chi connectivity index (χ1) is 10.6. The second-order valence-corrected chi connectivity index (χ2v) is 6.41. The largest absolute Gasteiger partial charge is 0.382 e. The van der Waals surface area contributed by atoms with Crippen molar-refractivity contribution in [3.05, 3.63) is 30.1 Å². The predicted octanol–water partition coefficient (Wildman–Crippen LogP) is 2.58. The summed E-state index contributed by atoms with van der Waals surface area (Å²) in [6.07, 6.45) is 9.26. The van der Waals surface area contributed by atoms with Gasteiger partial charge in [-0.15, -0.1) is 0 Å². The molecule has 1 aliphatic carbocycles. The fourth-order valence-corrected chi connectivity index (χ4v) is 4.10. The van der Waals surface area contributed by atoms with Crippen LogP contribution in [0.3, 0.4) is 0 Å². The van der Waals surface area contributed by atoms with Gasteiger partial charge in [-0.25, -0.2) is 0 Å². The molecule has 0 saturated heterocycles. The molecule has 1 aromatic rings. The molecule has 1 aromatic heterocycles. The topological polar surface area (TPSA) is 54.0 Å². The monoisotopic (exact) mass is 319 g/mol. The van der Waals surface area contributed by atoms with Gasteiger partial charge in [-0.2, -0.15) is 0 Å². The molecule has 1 fully saturated rings. The number of aromatic nitrogens is 1. The molecule has 120 valence electrons. The number of thiocarbonyl (C=S) groups is 1. The van der Waals surface area contributed by atoms with Gasteiger partial charge in [0.05, 0.1) is 4.99 Å². The zero-order chi connectivity index (χ0) is 16.0. The number of nitrogens with one attached hydrogen (secondary N) is 2. The molecule has 2 N–H and O–H groups in total. The van der Waals surface area contributed by atoms with E-state index >= 15 is 0 Å². The van der Waals surface area contributed by atoms with E-state index in [2.05, 4.69) is 21.7 Å². The van der Waals surface area contributed by atoms with Crippen LogP contribution < -0.4 is 10.6 Å². The van der Waals surface area contributed by atoms with Crippen LogP contribution in [0, 0.1) is 5.92 Å². The number of hydrogen-bond donors (Lipinski definition) is 2. The third-order valence-electron chi connectivity index (χ3n) is 4.75. The first-order valence-electron chi connectivity index (χ1n) is 7.98. The molecular formula is C17H25N3OS. The van der Waals surface area contributed by atoms with Gasteiger partial charge in [0.1, 0.15) is 0 Å². The first kappa shape index (κ1) is 16.9. The van der Waals surface area contributed by atoms with Gasteiger partial charge >= 0.3 is 0 Å². The molecule has 0 aromatic carbocycles. The van der Waals surface area contributed by atoms with Crippen molar-refractivity contribution in [2.45, 2.75) is 44.4 Å². The number of pyridine rings is 1. The van der Waals surface area contributed by atoms with Crippen LogP contribution in [0.5, 0.6) is 0 Å². The average molecular weight is 319 g/mol. The molecule has 1 aliphatic rings. The van der Waals surface area contributed by atoms with E-state index in [1.165, 1.54) is 18.4 Å². The van der Waals surface area contributed by atoms with E-state index in [0.29, 0.717) is 12.5 Å². The summed E-state index contributed by atoms with van der Waals surface area (Å²) in [5.74, 6) is 0.455. The van der Waals surface area contributed by atoms with Crippen molar-refractivity contribution < 1.29 is 4.79 Å². The minimum Gasteiger partial charge on any atom is -0.382 e. The molecular weight excluding hydrogens is 294 g/mol. The van der Waals surface area contributed by atoms with Crippen LogP contribution in [0.1, 0.15) is 44.6 Å². The third kappa shape index (κ3) is 3.46. The van der Waals surface area contributed by atoms with Gasteiger partial charge in [-0.1, -0.05) is 31.1 Å². The highest BCUT2D eigenvalue weighted by molar-refractivity contribution is 7.80. The maximum absolute atomic E-state index is 11.1. The Morgan fingerprint density at radius 1 is 1.50 bits per heavy atom. The Kier molecular flexibility index (Phi) is 5.89. The molecule has 2 rings (SSSR count). The Morgan fingerprint density at radius 2 is 2.32 bits per heavy atom. The van der Waals surface area contributed by atoms with Crippen molar-refractivity contribution in [3.8, 4) is 0 Å². The third-order valence-corrected chi connectivity index (χ3v) is 5.31. The molecule has 0 unspecified atom stereocenters. The van der Waals surface area contributed by atoms with Crippen LogP contribution in [-0.4, -0.2) is 29.5 Å². The van der Waals surface area contributed by atoms with Gasteiger partial charge in [-0.05, 0) is 36.8 Å². The average Bonchev–Trinajstić information content (AvgIpc) is 2.55. The van der Waals surface area contributed by atoms with E-state index in [1.54, 1.807) is 13.1 Å². The zero-order valence-corrected chi connectivity index (χ0v) is 14.2. The molecule has 2 atom stereocenters. The van der Waals surface area contributed by atoms with Crippen LogP contribution in [0.15, 0.2) is 24.5 Å². The second kappa shape index (κ2) is 7.68. The summed E-state index contributed by atoms with van der Waals surface area (Å²) in [5.41, 5.74) is 1.04. The van der Waals surface area contributed by atoms with Crippen LogP contribution in [0.4, 0.5) is 0 Å². The number of carbonyl (C=O) groups excluding carboxylic acids is 1. The summed E-state index contributed by atoms with van der Waals surface area (Å²) in [7, 11) is 1.90. The van der Waals surface area contributed by atoms with Crippen molar-refractivity contribution in [2.24, 2.45) is 5.92 Å². The van der Waals surface area contributed by atoms with Gasteiger partial charge in [0.2, 0.25) is 5.91 Å². The Bertz CT molecular complexity index is 520. The van der Waals surface area contributed by atoms with Crippen LogP contribution in [0.25, 0.3) is 0 Å². The molecule has 1 saturated carbocycles. The minimum absolute atomic E-state index is 0.0268. The maximum Gasteiger partial charge on any atom is 0.216 e. The number of likely N-dealkylation sites (N-methyl/N-ethyl adjacent to an activating group) is 1. The first-order valence-corrected chi connectivity index (χ1v) is 8.39. The van der Waals surface area contributed by atoms with E-state index in [-0.39, 0.29) is 11.3 Å². The number of hydrogen-bond acceptors (Lipinski definition) is 3. The van der Waals surface area contributed by atoms with Gasteiger partial charge in [0.15, 0.2) is 0 Å². The van der Waals surface area contributed by atoms with Crippen molar-refractivity contribution >= 4 is 23.1 Å². The SMILES string of the molecule is CNC(=S)[C@@]1(c2cccnc2)CCCC[C@@H]1CCNC(C)=O. The minimum atomic E-state index is -0.158. The Labute approximate surface area is 138 Å². The van der Waals surface area contributed by atoms with Gasteiger partial charge in [-0.3, -0.25) is 9.78 Å². The highest BCUT2D eigenvalue weighted by Gasteiger charge is 2.45. The van der Waals surface area contributed by atoms with Gasteiger partial charge in [0.25, 0.3) is 0 Å². The molecule has 4 nitrogen and oxygen atoms in total. The molecule has 1 amide bonds. The highest BCUT2D eigenvalue weighted by Crippen LogP contribution is 2.45. The number of carbonyl (C=O) groups is 1. The molecule has 0 spiro atoms. The van der Waals surface area contributed by atoms with Crippen LogP contribution >= 0.6 is 12.2 Å². The lowest BCUT2D eigenvalue weighted by Crippen LogP contribution is -2.50. The lowest BCUT2D eigenvalue weighted by molar-refractivity contribution is -0.119. The molecule has 1 heterocycles. The summed E-state index contributed by atoms with van der Waals surface area (Å²) in [5, 5.41) is 6.14. The molecule has 22 heavy (non-hydrogen) atoms. The maximum atomic E-state index is 11.1. The molecule has 0 aliphatic heterocycles. The fraction of sp³-hybridized carbons (Fsp3) is 0.588. The number of amides is 1. The van der Waals surface area contributed by atoms with E-state index in [1.807, 2.05) is 19.3 Å². The highest BCUT2D eigenvalue weighted by atomic mass is 32.1. The van der Waals surface area contributed by atoms with Crippen molar-refractivity contribution in [2.75, 3.05) is 13.6 Å². The van der Waals surface area contributed by atoms with E-state index in [9.17, 15) is 4.79 Å². The van der Waals surface area contributed by atoms with Crippen molar-refractivity contribution in [1.82, 2.24) is 15.6 Å². The van der Waals surface area contributed by atoms with Crippen molar-refractivity contribution in [3.63, 3.8) is 0 Å². The summed E-state index contributed by atoms with van der Waals surface area (Å²) < 4.78 is 0. The Morgan fingerprint density at radius 3 is 2.95 bits per heavy atom. The van der Waals surface area contributed by atoms with Crippen LogP contribution in [-0.2, 0) is 10.2 Å². The summed E-state index contributed by atoms with van der Waals surface area (Å²) in [6.45, 7) is 2.27.